The molecule has 3 aromatic rings. The smallest absolute Gasteiger partial charge is 0.237 e. The van der Waals surface area contributed by atoms with Gasteiger partial charge < -0.3 is 0 Å². The molecule has 3 aromatic carbocycles. The van der Waals surface area contributed by atoms with Crippen molar-refractivity contribution in [2.75, 3.05) is 0 Å². The molecule has 2 aliphatic carbocycles. The van der Waals surface area contributed by atoms with E-state index in [-0.39, 0.29) is 0 Å². The molecule has 234 valence electrons. The second-order valence-electron chi connectivity index (χ2n) is 9.74. The van der Waals surface area contributed by atoms with Crippen molar-refractivity contribution in [3.05, 3.63) is 155 Å². The third kappa shape index (κ3) is 4.22. The number of fused-ring (bicyclic) bond motifs is 2. The molecule has 0 saturated carbocycles. The lowest BCUT2D eigenvalue weighted by Gasteiger charge is -2.15. The summed E-state index contributed by atoms with van der Waals surface area (Å²) in [5.41, 5.74) is -16.3. The third-order valence-corrected chi connectivity index (χ3v) is 7.57. The van der Waals surface area contributed by atoms with Gasteiger partial charge in [0.05, 0.1) is 49.6 Å². The minimum Gasteiger partial charge on any atom is -0.237 e. The van der Waals surface area contributed by atoms with Gasteiger partial charge in [0.1, 0.15) is 17.7 Å². The largest absolute Gasteiger partial charge is 0.270 e. The van der Waals surface area contributed by atoms with Crippen molar-refractivity contribution in [3.63, 3.8) is 0 Å². The Bertz CT molecular complexity index is 2440. The molecule has 0 unspecified atom stereocenters. The second kappa shape index (κ2) is 12.0. The highest BCUT2D eigenvalue weighted by Crippen LogP contribution is 2.56. The molecule has 50 heavy (non-hydrogen) atoms. The lowest BCUT2D eigenvalue weighted by molar-refractivity contribution is 0.447. The van der Waals surface area contributed by atoms with Crippen molar-refractivity contribution in [3.8, 4) is 24.3 Å². The zero-order valence-electron chi connectivity index (χ0n) is 23.8. The van der Waals surface area contributed by atoms with Crippen LogP contribution in [0.5, 0.6) is 0 Å². The topological polar surface area (TPSA) is 113 Å². The first-order valence-corrected chi connectivity index (χ1v) is 12.8. The molecule has 0 heterocycles. The predicted octanol–water partition coefficient (Wildman–Crippen LogP) is 8.78. The maximum atomic E-state index is 15.4. The van der Waals surface area contributed by atoms with E-state index in [2.05, 4.69) is 19.4 Å². The summed E-state index contributed by atoms with van der Waals surface area (Å²) in [6.45, 7) is 29.6. The maximum Gasteiger partial charge on any atom is 0.270 e. The van der Waals surface area contributed by atoms with Crippen molar-refractivity contribution in [2.24, 2.45) is 0 Å². The number of nitriles is 4. The van der Waals surface area contributed by atoms with Crippen LogP contribution >= 0.6 is 0 Å². The van der Waals surface area contributed by atoms with Gasteiger partial charge in [-0.3, -0.25) is 0 Å². The van der Waals surface area contributed by atoms with Gasteiger partial charge in [0.2, 0.25) is 5.70 Å². The minimum absolute atomic E-state index is 0.498. The van der Waals surface area contributed by atoms with Crippen LogP contribution in [0.1, 0.15) is 38.9 Å². The Morgan fingerprint density at radius 1 is 0.520 bits per heavy atom. The van der Waals surface area contributed by atoms with E-state index in [0.717, 1.165) is 18.2 Å². The van der Waals surface area contributed by atoms with E-state index >= 15 is 17.6 Å². The van der Waals surface area contributed by atoms with Gasteiger partial charge in [-0.1, -0.05) is 6.07 Å². The van der Waals surface area contributed by atoms with Crippen molar-refractivity contribution in [1.82, 2.24) is 0 Å². The summed E-state index contributed by atoms with van der Waals surface area (Å²) in [4.78, 5) is 11.5. The first-order valence-electron chi connectivity index (χ1n) is 12.8. The fraction of sp³-hybridized carbons (Fsp3) is 0. The number of nitrogens with zero attached hydrogens (tertiary/aromatic N) is 8. The van der Waals surface area contributed by atoms with Crippen molar-refractivity contribution in [1.29, 1.82) is 21.0 Å². The minimum atomic E-state index is -2.20. The number of benzene rings is 3. The molecule has 0 aromatic heterocycles. The Hall–Kier alpha value is -8.02. The quantitative estimate of drug-likeness (QED) is 0.117. The van der Waals surface area contributed by atoms with Crippen LogP contribution in [0.25, 0.3) is 52.9 Å². The Labute approximate surface area is 274 Å². The van der Waals surface area contributed by atoms with Gasteiger partial charge in [0.15, 0.2) is 46.5 Å². The molecule has 0 spiro atoms. The van der Waals surface area contributed by atoms with Crippen LogP contribution in [-0.2, 0) is 0 Å². The Morgan fingerprint density at radius 3 is 1.38 bits per heavy atom. The highest BCUT2D eigenvalue weighted by atomic mass is 19.2. The van der Waals surface area contributed by atoms with E-state index in [1.807, 2.05) is 0 Å². The summed E-state index contributed by atoms with van der Waals surface area (Å²) >= 11 is 0. The van der Waals surface area contributed by atoms with Gasteiger partial charge >= 0.3 is 0 Å². The molecule has 0 aliphatic heterocycles. The molecule has 0 atom stereocenters. The first kappa shape index (κ1) is 33.3. The Kier molecular flexibility index (Phi) is 7.98. The van der Waals surface area contributed by atoms with Crippen LogP contribution in [0.4, 0.5) is 40.8 Å². The van der Waals surface area contributed by atoms with E-state index in [1.165, 1.54) is 18.2 Å². The third-order valence-electron chi connectivity index (χ3n) is 7.57. The molecule has 0 N–H and O–H groups in total. The normalized spacial score (nSPS) is 14.6. The molecular formula is C34H2F8N8. The number of allylic oxidation sites excluding steroid dienone is 7. The molecule has 5 rings (SSSR count). The summed E-state index contributed by atoms with van der Waals surface area (Å²) in [6, 6.07) is 6.94. The molecule has 16 heteroatoms. The highest BCUT2D eigenvalue weighted by Gasteiger charge is 2.41. The summed E-state index contributed by atoms with van der Waals surface area (Å²) in [6.07, 6.45) is 0. The van der Waals surface area contributed by atoms with Gasteiger partial charge in [-0.15, -0.1) is 0 Å². The van der Waals surface area contributed by atoms with E-state index in [9.17, 15) is 33.3 Å². The van der Waals surface area contributed by atoms with Gasteiger partial charge in [-0.2, -0.15) is 10.5 Å². The number of hydrogen-bond donors (Lipinski definition) is 0. The Balaban J connectivity index is 2.03. The SMILES string of the molecule is [C-]#[N+]C1=C(c2c(F)c(F)c([N+]#[C-])c(F)c2F)/C(=C(/C#N)[N+]#[C-])c2cc3c(cc21)C(C#N)=C(c1c(F)c(F)c(C#N)c(F)c1F)/C3=C(\C#N)[N+]#[C-]. The van der Waals surface area contributed by atoms with Crippen LogP contribution in [0.3, 0.4) is 0 Å². The molecule has 8 nitrogen and oxygen atoms in total. The number of rotatable bonds is 2. The zero-order chi connectivity index (χ0) is 36.9. The van der Waals surface area contributed by atoms with E-state index in [1.54, 1.807) is 0 Å². The molecule has 0 radical (unpaired) electrons. The van der Waals surface area contributed by atoms with Crippen LogP contribution in [-0.4, -0.2) is 0 Å². The number of hydrogen-bond acceptors (Lipinski definition) is 4. The van der Waals surface area contributed by atoms with Crippen LogP contribution in [0.2, 0.25) is 0 Å². The average molecular weight is 674 g/mol. The lowest BCUT2D eigenvalue weighted by atomic mass is 9.90. The van der Waals surface area contributed by atoms with Gasteiger partial charge in [-0.25, -0.2) is 65.0 Å². The van der Waals surface area contributed by atoms with Crippen LogP contribution in [0, 0.1) is 118 Å². The van der Waals surface area contributed by atoms with Crippen molar-refractivity contribution >= 4 is 39.2 Å². The summed E-state index contributed by atoms with van der Waals surface area (Å²) in [5, 5.41) is 38.7. The fourth-order valence-electron chi connectivity index (χ4n) is 5.58. The van der Waals surface area contributed by atoms with Gasteiger partial charge in [-0.05, 0) is 39.5 Å². The number of halogens is 8. The molecule has 2 aliphatic rings. The summed E-state index contributed by atoms with van der Waals surface area (Å²) in [5.74, 6) is -17.5. The highest BCUT2D eigenvalue weighted by molar-refractivity contribution is 6.29. The van der Waals surface area contributed by atoms with Gasteiger partial charge in [0.25, 0.3) is 17.1 Å². The molecule has 0 bridgehead atoms. The molecule has 0 amide bonds. The van der Waals surface area contributed by atoms with E-state index in [0.29, 0.717) is 0 Å². The van der Waals surface area contributed by atoms with Gasteiger partial charge in [0, 0.05) is 16.7 Å². The Morgan fingerprint density at radius 2 is 0.960 bits per heavy atom. The fourth-order valence-corrected chi connectivity index (χ4v) is 5.58. The second-order valence-corrected chi connectivity index (χ2v) is 9.74. The van der Waals surface area contributed by atoms with Crippen LogP contribution in [0.15, 0.2) is 23.5 Å². The van der Waals surface area contributed by atoms with Crippen molar-refractivity contribution < 1.29 is 35.1 Å². The first-order chi connectivity index (χ1) is 23.8. The van der Waals surface area contributed by atoms with Crippen LogP contribution < -0.4 is 0 Å². The molecule has 0 fully saturated rings. The lowest BCUT2D eigenvalue weighted by Crippen LogP contribution is -2.07. The predicted molar refractivity (Wildman–Crippen MR) is 154 cm³/mol. The van der Waals surface area contributed by atoms with E-state index in [4.69, 9.17) is 31.6 Å². The molecule has 0 saturated heterocycles. The maximum absolute atomic E-state index is 15.4. The monoisotopic (exact) mass is 674 g/mol. The standard InChI is InChI=1S/C34H2F8N8/c1-47-17(9-45)19-12-6-13-14(5-11(12)15(7-43)21(19)23-27(37)25(35)16(8-44)26(36)28(23)38)33(49-3)22(20(13)18(10-46)48-2)24-29(39)31(41)34(50-4)32(42)30(24)40/h5-6H/b19-17+,20-18-. The molecular weight excluding hydrogens is 672 g/mol. The average Bonchev–Trinajstić information content (AvgIpc) is 3.59. The van der Waals surface area contributed by atoms with E-state index < -0.39 is 136 Å². The van der Waals surface area contributed by atoms with Crippen molar-refractivity contribution in [2.45, 2.75) is 0 Å². The summed E-state index contributed by atoms with van der Waals surface area (Å²) in [7, 11) is 0. The summed E-state index contributed by atoms with van der Waals surface area (Å²) < 4.78 is 121. The zero-order valence-corrected chi connectivity index (χ0v) is 23.8.